The van der Waals surface area contributed by atoms with Gasteiger partial charge in [-0.15, -0.1) is 0 Å². The van der Waals surface area contributed by atoms with Crippen molar-refractivity contribution in [2.75, 3.05) is 0 Å². The molecule has 0 fully saturated rings. The lowest BCUT2D eigenvalue weighted by Gasteiger charge is -2.24. The quantitative estimate of drug-likeness (QED) is 0.679. The average molecular weight is 418 g/mol. The molecule has 0 saturated heterocycles. The Morgan fingerprint density at radius 3 is 2.70 bits per heavy atom. The van der Waals surface area contributed by atoms with Crippen LogP contribution in [-0.2, 0) is 9.84 Å². The van der Waals surface area contributed by atoms with Crippen molar-refractivity contribution in [1.29, 1.82) is 0 Å². The second kappa shape index (κ2) is 5.96. The summed E-state index contributed by atoms with van der Waals surface area (Å²) in [6, 6.07) is 2.61. The fourth-order valence-electron chi connectivity index (χ4n) is 2.61. The van der Waals surface area contributed by atoms with E-state index in [0.717, 1.165) is 0 Å². The van der Waals surface area contributed by atoms with Crippen molar-refractivity contribution in [3.05, 3.63) is 56.8 Å². The van der Waals surface area contributed by atoms with E-state index in [1.807, 2.05) is 0 Å². The lowest BCUT2D eigenvalue weighted by Crippen LogP contribution is -2.21. The van der Waals surface area contributed by atoms with E-state index in [0.29, 0.717) is 22.3 Å². The maximum absolute atomic E-state index is 14.3. The molecule has 120 valence electrons. The number of halogens is 3. The van der Waals surface area contributed by atoms with Crippen LogP contribution in [0.15, 0.2) is 29.0 Å². The van der Waals surface area contributed by atoms with Gasteiger partial charge < -0.3 is 0 Å². The number of benzene rings is 1. The summed E-state index contributed by atoms with van der Waals surface area (Å²) in [5.74, 6) is -0.699. The molecular weight excluding hydrogens is 407 g/mol. The third-order valence-corrected chi connectivity index (χ3v) is 7.19. The number of hydrogen-bond donors (Lipinski definition) is 0. The summed E-state index contributed by atoms with van der Waals surface area (Å²) in [5, 5.41) is -0.859. The van der Waals surface area contributed by atoms with Crippen molar-refractivity contribution in [2.45, 2.75) is 18.6 Å². The first-order valence-corrected chi connectivity index (χ1v) is 9.50. The predicted octanol–water partition coefficient (Wildman–Crippen LogP) is 4.41. The van der Waals surface area contributed by atoms with Crippen LogP contribution in [0.1, 0.15) is 35.5 Å². The van der Waals surface area contributed by atoms with Crippen molar-refractivity contribution < 1.29 is 12.8 Å². The molecule has 0 amide bonds. The van der Waals surface area contributed by atoms with Gasteiger partial charge in [-0.2, -0.15) is 0 Å². The molecule has 0 bridgehead atoms. The number of fused-ring (bicyclic) bond motifs is 1. The minimum Gasteiger partial charge on any atom is -0.256 e. The second-order valence-corrected chi connectivity index (χ2v) is 8.33. The van der Waals surface area contributed by atoms with E-state index in [-0.39, 0.29) is 15.5 Å². The maximum atomic E-state index is 14.3. The SMILES string of the molecule is CCC1c2nccnc2C=C(c2c(F)ccc(Br)c2Cl)S1(=O)=O. The van der Waals surface area contributed by atoms with Crippen LogP contribution >= 0.6 is 27.5 Å². The van der Waals surface area contributed by atoms with Crippen LogP contribution in [0, 0.1) is 5.82 Å². The van der Waals surface area contributed by atoms with E-state index in [1.54, 1.807) is 6.92 Å². The Bertz CT molecular complexity index is 931. The van der Waals surface area contributed by atoms with E-state index in [1.165, 1.54) is 30.6 Å². The highest BCUT2D eigenvalue weighted by molar-refractivity contribution is 9.10. The van der Waals surface area contributed by atoms with Gasteiger partial charge in [0.1, 0.15) is 11.1 Å². The molecular formula is C15H11BrClFN2O2S. The van der Waals surface area contributed by atoms with E-state index in [2.05, 4.69) is 25.9 Å². The van der Waals surface area contributed by atoms with E-state index in [9.17, 15) is 12.8 Å². The molecule has 1 aromatic heterocycles. The number of nitrogens with zero attached hydrogens (tertiary/aromatic N) is 2. The zero-order chi connectivity index (χ0) is 16.8. The zero-order valence-electron chi connectivity index (χ0n) is 11.9. The minimum atomic E-state index is -3.83. The Labute approximate surface area is 146 Å². The largest absolute Gasteiger partial charge is 0.256 e. The lowest BCUT2D eigenvalue weighted by atomic mass is 10.1. The molecule has 3 rings (SSSR count). The molecule has 23 heavy (non-hydrogen) atoms. The van der Waals surface area contributed by atoms with Crippen LogP contribution in [0.4, 0.5) is 4.39 Å². The first kappa shape index (κ1) is 16.5. The van der Waals surface area contributed by atoms with Crippen molar-refractivity contribution in [3.63, 3.8) is 0 Å². The molecule has 1 aliphatic rings. The zero-order valence-corrected chi connectivity index (χ0v) is 15.1. The van der Waals surface area contributed by atoms with Gasteiger partial charge in [0.15, 0.2) is 9.84 Å². The summed E-state index contributed by atoms with van der Waals surface area (Å²) in [6.45, 7) is 1.74. The Hall–Kier alpha value is -1.31. The van der Waals surface area contributed by atoms with Crippen LogP contribution in [0.2, 0.25) is 5.02 Å². The number of hydrogen-bond acceptors (Lipinski definition) is 4. The molecule has 1 aliphatic heterocycles. The molecule has 0 spiro atoms. The van der Waals surface area contributed by atoms with Crippen LogP contribution in [0.3, 0.4) is 0 Å². The Balaban J connectivity index is 2.36. The van der Waals surface area contributed by atoms with Gasteiger partial charge in [-0.05, 0) is 40.6 Å². The number of rotatable bonds is 2. The van der Waals surface area contributed by atoms with E-state index in [4.69, 9.17) is 11.6 Å². The number of aromatic nitrogens is 2. The Kier molecular flexibility index (Phi) is 4.29. The van der Waals surface area contributed by atoms with Crippen molar-refractivity contribution in [3.8, 4) is 0 Å². The van der Waals surface area contributed by atoms with Crippen molar-refractivity contribution in [1.82, 2.24) is 9.97 Å². The van der Waals surface area contributed by atoms with Gasteiger partial charge in [-0.25, -0.2) is 12.8 Å². The van der Waals surface area contributed by atoms with Crippen LogP contribution in [-0.4, -0.2) is 18.4 Å². The average Bonchev–Trinajstić information content (AvgIpc) is 2.51. The minimum absolute atomic E-state index is 0.0158. The topological polar surface area (TPSA) is 59.9 Å². The first-order chi connectivity index (χ1) is 10.9. The predicted molar refractivity (Wildman–Crippen MR) is 91.0 cm³/mol. The van der Waals surface area contributed by atoms with Crippen LogP contribution < -0.4 is 0 Å². The third kappa shape index (κ3) is 2.60. The molecule has 1 aromatic carbocycles. The van der Waals surface area contributed by atoms with Crippen LogP contribution in [0.25, 0.3) is 11.0 Å². The standard InChI is InChI=1S/C15H11BrClFN2O2S/c1-2-11-15-10(19-5-6-20-15)7-12(23(11,21)22)13-9(18)4-3-8(16)14(13)17/h3-7,11H,2H2,1H3. The fourth-order valence-corrected chi connectivity index (χ4v) is 5.23. The Morgan fingerprint density at radius 1 is 1.30 bits per heavy atom. The third-order valence-electron chi connectivity index (χ3n) is 3.67. The van der Waals surface area contributed by atoms with Crippen molar-refractivity contribution >= 4 is 48.3 Å². The molecule has 0 N–H and O–H groups in total. The summed E-state index contributed by atoms with van der Waals surface area (Å²) >= 11 is 9.35. The van der Waals surface area contributed by atoms with Crippen LogP contribution in [0.5, 0.6) is 0 Å². The smallest absolute Gasteiger partial charge is 0.187 e. The molecule has 4 nitrogen and oxygen atoms in total. The van der Waals surface area contributed by atoms with Gasteiger partial charge in [0.25, 0.3) is 0 Å². The summed E-state index contributed by atoms with van der Waals surface area (Å²) in [6.07, 6.45) is 4.55. The summed E-state index contributed by atoms with van der Waals surface area (Å²) in [4.78, 5) is 8.13. The fraction of sp³-hybridized carbons (Fsp3) is 0.200. The molecule has 1 atom stereocenters. The van der Waals surface area contributed by atoms with Gasteiger partial charge in [0.2, 0.25) is 0 Å². The normalized spacial score (nSPS) is 19.1. The lowest BCUT2D eigenvalue weighted by molar-refractivity contribution is 0.584. The molecule has 0 aliphatic carbocycles. The highest BCUT2D eigenvalue weighted by Crippen LogP contribution is 2.45. The van der Waals surface area contributed by atoms with E-state index < -0.39 is 20.9 Å². The molecule has 0 saturated carbocycles. The van der Waals surface area contributed by atoms with Gasteiger partial charge in [-0.1, -0.05) is 18.5 Å². The second-order valence-electron chi connectivity index (χ2n) is 5.00. The summed E-state index contributed by atoms with van der Waals surface area (Å²) in [7, 11) is -3.83. The maximum Gasteiger partial charge on any atom is 0.187 e. The van der Waals surface area contributed by atoms with Gasteiger partial charge in [0.05, 0.1) is 21.3 Å². The highest BCUT2D eigenvalue weighted by atomic mass is 79.9. The summed E-state index contributed by atoms with van der Waals surface area (Å²) < 4.78 is 40.6. The Morgan fingerprint density at radius 2 is 2.00 bits per heavy atom. The monoisotopic (exact) mass is 416 g/mol. The molecule has 8 heteroatoms. The van der Waals surface area contributed by atoms with Gasteiger partial charge >= 0.3 is 0 Å². The number of sulfone groups is 1. The van der Waals surface area contributed by atoms with Gasteiger partial charge in [-0.3, -0.25) is 9.97 Å². The molecule has 2 heterocycles. The first-order valence-electron chi connectivity index (χ1n) is 6.78. The molecule has 1 unspecified atom stereocenters. The molecule has 0 radical (unpaired) electrons. The molecule has 2 aromatic rings. The summed E-state index contributed by atoms with van der Waals surface area (Å²) in [5.41, 5.74) is 0.653. The van der Waals surface area contributed by atoms with E-state index >= 15 is 0 Å². The van der Waals surface area contributed by atoms with Gasteiger partial charge in [0, 0.05) is 22.4 Å². The van der Waals surface area contributed by atoms with Crippen molar-refractivity contribution in [2.24, 2.45) is 0 Å². The highest BCUT2D eigenvalue weighted by Gasteiger charge is 2.39.